The average molecular weight is 474 g/mol. The van der Waals surface area contributed by atoms with Crippen molar-refractivity contribution < 1.29 is 19.1 Å². The topological polar surface area (TPSA) is 87.7 Å². The number of ether oxygens (including phenoxy) is 1. The van der Waals surface area contributed by atoms with Crippen LogP contribution in [-0.4, -0.2) is 61.3 Å². The van der Waals surface area contributed by atoms with Crippen LogP contribution >= 0.6 is 23.2 Å². The number of esters is 1. The monoisotopic (exact) mass is 473 g/mol. The summed E-state index contributed by atoms with van der Waals surface area (Å²) in [5.41, 5.74) is 1.85. The number of hydrogen-bond donors (Lipinski definition) is 2. The Labute approximate surface area is 194 Å². The minimum Gasteiger partial charge on any atom is -0.464 e. The third-order valence-corrected chi connectivity index (χ3v) is 4.99. The molecule has 1 aromatic rings. The first-order valence-corrected chi connectivity index (χ1v) is 11.5. The van der Waals surface area contributed by atoms with Crippen molar-refractivity contribution in [3.63, 3.8) is 0 Å². The molecule has 0 fully saturated rings. The first-order valence-electron chi connectivity index (χ1n) is 10.4. The maximum Gasteiger partial charge on any atom is 0.328 e. The number of nitrogens with one attached hydrogen (secondary N) is 2. The van der Waals surface area contributed by atoms with Gasteiger partial charge in [-0.25, -0.2) is 4.79 Å². The van der Waals surface area contributed by atoms with E-state index in [9.17, 15) is 14.4 Å². The molecule has 9 heteroatoms. The van der Waals surface area contributed by atoms with Gasteiger partial charge in [-0.1, -0.05) is 26.0 Å². The zero-order valence-electron chi connectivity index (χ0n) is 18.6. The highest BCUT2D eigenvalue weighted by Gasteiger charge is 2.29. The second-order valence-corrected chi connectivity index (χ2v) is 8.23. The lowest BCUT2D eigenvalue weighted by Crippen LogP contribution is -2.54. The Kier molecular flexibility index (Phi) is 12.3. The molecule has 2 N–H and O–H groups in total. The van der Waals surface area contributed by atoms with Crippen LogP contribution in [0.5, 0.6) is 0 Å². The Hall–Kier alpha value is -1.99. The van der Waals surface area contributed by atoms with Crippen molar-refractivity contribution in [2.75, 3.05) is 36.4 Å². The molecule has 0 unspecified atom stereocenters. The summed E-state index contributed by atoms with van der Waals surface area (Å²) in [5.74, 6) is -0.436. The summed E-state index contributed by atoms with van der Waals surface area (Å²) in [6, 6.07) is 6.07. The van der Waals surface area contributed by atoms with Crippen molar-refractivity contribution in [3.05, 3.63) is 29.8 Å². The van der Waals surface area contributed by atoms with Gasteiger partial charge in [-0.05, 0) is 30.5 Å². The number of halogens is 2. The number of amides is 2. The van der Waals surface area contributed by atoms with Gasteiger partial charge in [0.25, 0.3) is 0 Å². The summed E-state index contributed by atoms with van der Waals surface area (Å²) >= 11 is 11.7. The molecule has 7 nitrogen and oxygen atoms in total. The molecule has 0 aliphatic rings. The van der Waals surface area contributed by atoms with Gasteiger partial charge in [0.2, 0.25) is 11.8 Å². The highest BCUT2D eigenvalue weighted by Crippen LogP contribution is 2.17. The number of anilines is 1. The normalized spacial score (nSPS) is 12.7. The van der Waals surface area contributed by atoms with Crippen LogP contribution in [0.4, 0.5) is 5.69 Å². The number of carbonyl (C=O) groups is 3. The van der Waals surface area contributed by atoms with Crippen LogP contribution < -0.4 is 15.5 Å². The van der Waals surface area contributed by atoms with Gasteiger partial charge in [-0.15, -0.1) is 23.2 Å². The molecule has 1 rings (SSSR count). The van der Waals surface area contributed by atoms with Crippen LogP contribution in [0.3, 0.4) is 0 Å². The van der Waals surface area contributed by atoms with Gasteiger partial charge < -0.3 is 20.3 Å². The van der Waals surface area contributed by atoms with Crippen molar-refractivity contribution in [1.82, 2.24) is 10.6 Å². The number of benzene rings is 1. The smallest absolute Gasteiger partial charge is 0.328 e. The Balaban J connectivity index is 2.95. The number of nitrogens with zero attached hydrogens (tertiary/aromatic N) is 1. The van der Waals surface area contributed by atoms with E-state index in [-0.39, 0.29) is 24.9 Å². The van der Waals surface area contributed by atoms with E-state index in [0.29, 0.717) is 24.8 Å². The fraction of sp³-hybridized carbons (Fsp3) is 0.591. The number of hydrogen-bond acceptors (Lipinski definition) is 5. The largest absolute Gasteiger partial charge is 0.464 e. The molecule has 2 amide bonds. The van der Waals surface area contributed by atoms with Crippen LogP contribution in [0.1, 0.15) is 33.3 Å². The van der Waals surface area contributed by atoms with Gasteiger partial charge in [0.05, 0.1) is 6.61 Å². The third-order valence-electron chi connectivity index (χ3n) is 4.65. The van der Waals surface area contributed by atoms with Crippen LogP contribution in [0.2, 0.25) is 0 Å². The third kappa shape index (κ3) is 9.35. The van der Waals surface area contributed by atoms with E-state index in [4.69, 9.17) is 27.9 Å². The molecule has 2 atom stereocenters. The molecule has 0 heterocycles. The van der Waals surface area contributed by atoms with E-state index < -0.39 is 24.0 Å². The van der Waals surface area contributed by atoms with Crippen molar-refractivity contribution in [3.8, 4) is 0 Å². The van der Waals surface area contributed by atoms with Crippen LogP contribution in [-0.2, 0) is 25.5 Å². The maximum absolute atomic E-state index is 12.9. The average Bonchev–Trinajstić information content (AvgIpc) is 2.71. The number of alkyl halides is 2. The van der Waals surface area contributed by atoms with Crippen LogP contribution in [0.15, 0.2) is 24.3 Å². The molecule has 1 aromatic carbocycles. The van der Waals surface area contributed by atoms with Gasteiger partial charge in [0.1, 0.15) is 12.1 Å². The summed E-state index contributed by atoms with van der Waals surface area (Å²) in [5, 5.41) is 5.40. The summed E-state index contributed by atoms with van der Waals surface area (Å²) in [6.07, 6.45) is 0.282. The Morgan fingerprint density at radius 1 is 1.03 bits per heavy atom. The van der Waals surface area contributed by atoms with E-state index in [1.54, 1.807) is 6.92 Å². The standard InChI is InChI=1S/C22H33Cl2N3O4/c1-5-31-22(30)20(15(2)3)26-21(29)19(25-16(4)28)14-17-6-8-18(9-7-17)27(12-10-23)13-11-24/h6-9,15,19-20H,5,10-14H2,1-4H3,(H,25,28)(H,26,29)/t19-,20+/m0/s1. The second kappa shape index (κ2) is 14.1. The Morgan fingerprint density at radius 2 is 1.61 bits per heavy atom. The van der Waals surface area contributed by atoms with E-state index in [2.05, 4.69) is 15.5 Å². The molecule has 174 valence electrons. The van der Waals surface area contributed by atoms with Gasteiger partial charge in [0, 0.05) is 43.9 Å². The fourth-order valence-corrected chi connectivity index (χ4v) is 3.50. The van der Waals surface area contributed by atoms with Crippen LogP contribution in [0.25, 0.3) is 0 Å². The molecule has 0 aromatic heterocycles. The molecule has 0 radical (unpaired) electrons. The first-order chi connectivity index (χ1) is 14.7. The summed E-state index contributed by atoms with van der Waals surface area (Å²) in [4.78, 5) is 38.8. The minimum atomic E-state index is -0.819. The quantitative estimate of drug-likeness (QED) is 0.339. The van der Waals surface area contributed by atoms with Gasteiger partial charge in [-0.3, -0.25) is 9.59 Å². The molecule has 0 aliphatic carbocycles. The first kappa shape index (κ1) is 27.0. The molecule has 0 saturated carbocycles. The molecule has 0 saturated heterocycles. The molecular formula is C22H33Cl2N3O4. The van der Waals surface area contributed by atoms with Crippen molar-refractivity contribution in [2.45, 2.75) is 46.2 Å². The van der Waals surface area contributed by atoms with E-state index in [1.165, 1.54) is 6.92 Å². The van der Waals surface area contributed by atoms with Crippen molar-refractivity contribution in [2.24, 2.45) is 5.92 Å². The minimum absolute atomic E-state index is 0.157. The SMILES string of the molecule is CCOC(=O)[C@H](NC(=O)[C@H](Cc1ccc(N(CCCl)CCCl)cc1)NC(C)=O)C(C)C. The molecule has 0 aliphatic heterocycles. The summed E-state index contributed by atoms with van der Waals surface area (Å²) in [7, 11) is 0. The summed E-state index contributed by atoms with van der Waals surface area (Å²) < 4.78 is 5.06. The lowest BCUT2D eigenvalue weighted by Gasteiger charge is -2.25. The highest BCUT2D eigenvalue weighted by molar-refractivity contribution is 6.18. The lowest BCUT2D eigenvalue weighted by molar-refractivity contribution is -0.149. The molecule has 31 heavy (non-hydrogen) atoms. The zero-order chi connectivity index (χ0) is 23.4. The number of rotatable bonds is 13. The predicted octanol–water partition coefficient (Wildman–Crippen LogP) is 2.72. The Morgan fingerprint density at radius 3 is 2.06 bits per heavy atom. The molecule has 0 bridgehead atoms. The van der Waals surface area contributed by atoms with Gasteiger partial charge in [-0.2, -0.15) is 0 Å². The van der Waals surface area contributed by atoms with Crippen molar-refractivity contribution >= 4 is 46.7 Å². The predicted molar refractivity (Wildman–Crippen MR) is 125 cm³/mol. The lowest BCUT2D eigenvalue weighted by atomic mass is 10.0. The van der Waals surface area contributed by atoms with Crippen molar-refractivity contribution in [1.29, 1.82) is 0 Å². The van der Waals surface area contributed by atoms with Crippen LogP contribution in [0, 0.1) is 5.92 Å². The van der Waals surface area contributed by atoms with E-state index in [1.807, 2.05) is 38.1 Å². The van der Waals surface area contributed by atoms with Gasteiger partial charge >= 0.3 is 5.97 Å². The summed E-state index contributed by atoms with van der Waals surface area (Å²) in [6.45, 7) is 8.28. The Bertz CT molecular complexity index is 707. The maximum atomic E-state index is 12.9. The fourth-order valence-electron chi connectivity index (χ4n) is 3.09. The number of carbonyl (C=O) groups excluding carboxylic acids is 3. The zero-order valence-corrected chi connectivity index (χ0v) is 20.1. The van der Waals surface area contributed by atoms with E-state index >= 15 is 0 Å². The van der Waals surface area contributed by atoms with Gasteiger partial charge in [0.15, 0.2) is 0 Å². The van der Waals surface area contributed by atoms with E-state index in [0.717, 1.165) is 11.3 Å². The highest BCUT2D eigenvalue weighted by atomic mass is 35.5. The molecular weight excluding hydrogens is 441 g/mol. The second-order valence-electron chi connectivity index (χ2n) is 7.47. The molecule has 0 spiro atoms.